The summed E-state index contributed by atoms with van der Waals surface area (Å²) in [6.45, 7) is 0. The Morgan fingerprint density at radius 2 is 1.94 bits per heavy atom. The first-order valence-electron chi connectivity index (χ1n) is 5.32. The first-order valence-corrected chi connectivity index (χ1v) is 5.32. The molecule has 1 aromatic heterocycles. The fourth-order valence-electron chi connectivity index (χ4n) is 1.61. The highest BCUT2D eigenvalue weighted by atomic mass is 16.4. The van der Waals surface area contributed by atoms with E-state index in [1.165, 1.54) is 6.33 Å². The van der Waals surface area contributed by atoms with Gasteiger partial charge in [-0.25, -0.2) is 9.97 Å². The molecule has 0 atom stereocenters. The molecule has 2 aromatic rings. The maximum Gasteiger partial charge on any atom is 0.303 e. The molecule has 0 fully saturated rings. The van der Waals surface area contributed by atoms with E-state index in [2.05, 4.69) is 9.97 Å². The number of carboxylic acid groups (broad SMARTS) is 1. The summed E-state index contributed by atoms with van der Waals surface area (Å²) in [7, 11) is 0. The standard InChI is InChI=1S/C13H12N2O2/c16-13(17)5-4-10-2-1-3-11(6-10)12-7-14-9-15-8-12/h1-3,6-9H,4-5H2,(H,16,17). The normalized spacial score (nSPS) is 10.1. The zero-order valence-electron chi connectivity index (χ0n) is 9.21. The van der Waals surface area contributed by atoms with Crippen LogP contribution in [0.5, 0.6) is 0 Å². The van der Waals surface area contributed by atoms with E-state index in [4.69, 9.17) is 5.11 Å². The van der Waals surface area contributed by atoms with Crippen LogP contribution < -0.4 is 0 Å². The lowest BCUT2D eigenvalue weighted by molar-refractivity contribution is -0.136. The van der Waals surface area contributed by atoms with Crippen LogP contribution >= 0.6 is 0 Å². The summed E-state index contributed by atoms with van der Waals surface area (Å²) in [5.41, 5.74) is 2.95. The predicted molar refractivity (Wildman–Crippen MR) is 63.4 cm³/mol. The van der Waals surface area contributed by atoms with Gasteiger partial charge in [-0.15, -0.1) is 0 Å². The number of benzene rings is 1. The third-order valence-corrected chi connectivity index (χ3v) is 2.45. The zero-order valence-corrected chi connectivity index (χ0v) is 9.21. The quantitative estimate of drug-likeness (QED) is 0.871. The van der Waals surface area contributed by atoms with Crippen molar-refractivity contribution >= 4 is 5.97 Å². The van der Waals surface area contributed by atoms with E-state index in [9.17, 15) is 4.79 Å². The monoisotopic (exact) mass is 228 g/mol. The van der Waals surface area contributed by atoms with Crippen LogP contribution in [0.2, 0.25) is 0 Å². The molecule has 2 rings (SSSR count). The van der Waals surface area contributed by atoms with E-state index in [1.54, 1.807) is 12.4 Å². The molecule has 4 nitrogen and oxygen atoms in total. The molecule has 0 amide bonds. The smallest absolute Gasteiger partial charge is 0.303 e. The number of carboxylic acids is 1. The highest BCUT2D eigenvalue weighted by Gasteiger charge is 2.02. The van der Waals surface area contributed by atoms with Crippen molar-refractivity contribution in [1.29, 1.82) is 0 Å². The second-order valence-electron chi connectivity index (χ2n) is 3.72. The molecule has 1 aromatic carbocycles. The molecule has 0 aliphatic carbocycles. The minimum absolute atomic E-state index is 0.148. The van der Waals surface area contributed by atoms with Crippen molar-refractivity contribution in [1.82, 2.24) is 9.97 Å². The van der Waals surface area contributed by atoms with Gasteiger partial charge in [0.15, 0.2) is 0 Å². The molecule has 0 aliphatic heterocycles. The fourth-order valence-corrected chi connectivity index (χ4v) is 1.61. The molecule has 86 valence electrons. The van der Waals surface area contributed by atoms with Gasteiger partial charge in [-0.05, 0) is 17.5 Å². The Kier molecular flexibility index (Phi) is 3.45. The Hall–Kier alpha value is -2.23. The summed E-state index contributed by atoms with van der Waals surface area (Å²) in [4.78, 5) is 18.4. The number of carbonyl (C=O) groups is 1. The third kappa shape index (κ3) is 3.11. The SMILES string of the molecule is O=C(O)CCc1cccc(-c2cncnc2)c1. The number of aliphatic carboxylic acids is 1. The molecule has 0 aliphatic rings. The Bertz CT molecular complexity index is 512. The molecule has 0 saturated heterocycles. The van der Waals surface area contributed by atoms with Gasteiger partial charge in [-0.1, -0.05) is 24.3 Å². The molecular weight excluding hydrogens is 216 g/mol. The summed E-state index contributed by atoms with van der Waals surface area (Å²) in [5, 5.41) is 8.64. The minimum Gasteiger partial charge on any atom is -0.481 e. The average molecular weight is 228 g/mol. The van der Waals surface area contributed by atoms with E-state index < -0.39 is 5.97 Å². The van der Waals surface area contributed by atoms with Crippen molar-refractivity contribution in [3.05, 3.63) is 48.5 Å². The van der Waals surface area contributed by atoms with Gasteiger partial charge >= 0.3 is 5.97 Å². The Morgan fingerprint density at radius 3 is 2.65 bits per heavy atom. The van der Waals surface area contributed by atoms with Crippen LogP contribution in [-0.4, -0.2) is 21.0 Å². The van der Waals surface area contributed by atoms with Crippen molar-refractivity contribution in [2.24, 2.45) is 0 Å². The number of nitrogens with zero attached hydrogens (tertiary/aromatic N) is 2. The summed E-state index contributed by atoms with van der Waals surface area (Å²) < 4.78 is 0. The maximum absolute atomic E-state index is 10.5. The molecule has 0 spiro atoms. The Balaban J connectivity index is 2.20. The fraction of sp³-hybridized carbons (Fsp3) is 0.154. The van der Waals surface area contributed by atoms with Crippen molar-refractivity contribution in [3.63, 3.8) is 0 Å². The zero-order chi connectivity index (χ0) is 12.1. The number of hydrogen-bond donors (Lipinski definition) is 1. The van der Waals surface area contributed by atoms with Crippen molar-refractivity contribution < 1.29 is 9.90 Å². The van der Waals surface area contributed by atoms with Crippen LogP contribution in [0.3, 0.4) is 0 Å². The molecule has 0 radical (unpaired) electrons. The topological polar surface area (TPSA) is 63.1 Å². The van der Waals surface area contributed by atoms with E-state index in [1.807, 2.05) is 24.3 Å². The van der Waals surface area contributed by atoms with Crippen LogP contribution in [0.25, 0.3) is 11.1 Å². The summed E-state index contributed by atoms with van der Waals surface area (Å²) in [5.74, 6) is -0.779. The molecule has 17 heavy (non-hydrogen) atoms. The van der Waals surface area contributed by atoms with Crippen LogP contribution in [0.1, 0.15) is 12.0 Å². The largest absolute Gasteiger partial charge is 0.481 e. The molecular formula is C13H12N2O2. The molecule has 0 saturated carbocycles. The van der Waals surface area contributed by atoms with Crippen LogP contribution in [-0.2, 0) is 11.2 Å². The summed E-state index contributed by atoms with van der Waals surface area (Å²) >= 11 is 0. The number of rotatable bonds is 4. The number of aromatic nitrogens is 2. The lowest BCUT2D eigenvalue weighted by Crippen LogP contribution is -1.97. The summed E-state index contributed by atoms with van der Waals surface area (Å²) in [6, 6.07) is 7.78. The predicted octanol–water partition coefficient (Wildman–Crippen LogP) is 2.16. The molecule has 4 heteroatoms. The molecule has 1 heterocycles. The lowest BCUT2D eigenvalue weighted by atomic mass is 10.0. The van der Waals surface area contributed by atoms with E-state index >= 15 is 0 Å². The highest BCUT2D eigenvalue weighted by molar-refractivity contribution is 5.67. The maximum atomic E-state index is 10.5. The first-order chi connectivity index (χ1) is 8.25. The number of hydrogen-bond acceptors (Lipinski definition) is 3. The average Bonchev–Trinajstić information content (AvgIpc) is 2.38. The molecule has 0 unspecified atom stereocenters. The number of aryl methyl sites for hydroxylation is 1. The second kappa shape index (κ2) is 5.21. The van der Waals surface area contributed by atoms with Gasteiger partial charge in [0.05, 0.1) is 0 Å². The second-order valence-corrected chi connectivity index (χ2v) is 3.72. The van der Waals surface area contributed by atoms with Gasteiger partial charge in [-0.2, -0.15) is 0 Å². The van der Waals surface area contributed by atoms with E-state index in [0.29, 0.717) is 6.42 Å². The minimum atomic E-state index is -0.779. The van der Waals surface area contributed by atoms with Gasteiger partial charge in [0, 0.05) is 24.4 Å². The molecule has 0 bridgehead atoms. The van der Waals surface area contributed by atoms with E-state index in [0.717, 1.165) is 16.7 Å². The van der Waals surface area contributed by atoms with Gasteiger partial charge < -0.3 is 5.11 Å². The van der Waals surface area contributed by atoms with Gasteiger partial charge in [0.1, 0.15) is 6.33 Å². The van der Waals surface area contributed by atoms with Gasteiger partial charge in [-0.3, -0.25) is 4.79 Å². The summed E-state index contributed by atoms with van der Waals surface area (Å²) in [6.07, 6.45) is 5.65. The van der Waals surface area contributed by atoms with Crippen LogP contribution in [0.15, 0.2) is 43.0 Å². The highest BCUT2D eigenvalue weighted by Crippen LogP contribution is 2.19. The Morgan fingerprint density at radius 1 is 1.18 bits per heavy atom. The lowest BCUT2D eigenvalue weighted by Gasteiger charge is -2.03. The van der Waals surface area contributed by atoms with Gasteiger partial charge in [0.25, 0.3) is 0 Å². The van der Waals surface area contributed by atoms with Crippen molar-refractivity contribution in [2.75, 3.05) is 0 Å². The van der Waals surface area contributed by atoms with Crippen molar-refractivity contribution in [2.45, 2.75) is 12.8 Å². The van der Waals surface area contributed by atoms with Crippen molar-refractivity contribution in [3.8, 4) is 11.1 Å². The Labute approximate surface area is 99.0 Å². The molecule has 1 N–H and O–H groups in total. The van der Waals surface area contributed by atoms with Gasteiger partial charge in [0.2, 0.25) is 0 Å². The van der Waals surface area contributed by atoms with Crippen LogP contribution in [0, 0.1) is 0 Å². The van der Waals surface area contributed by atoms with E-state index in [-0.39, 0.29) is 6.42 Å². The van der Waals surface area contributed by atoms with Crippen LogP contribution in [0.4, 0.5) is 0 Å². The third-order valence-electron chi connectivity index (χ3n) is 2.45. The first kappa shape index (κ1) is 11.3.